The number of hydrogen-bond acceptors (Lipinski definition) is 6. The summed E-state index contributed by atoms with van der Waals surface area (Å²) in [4.78, 5) is 37.8. The molecule has 0 unspecified atom stereocenters. The molecule has 0 aromatic heterocycles. The molecule has 0 rings (SSSR count). The second-order valence-electron chi connectivity index (χ2n) is 16.4. The van der Waals surface area contributed by atoms with Crippen LogP contribution in [0, 0.1) is 0 Å². The number of esters is 3. The van der Waals surface area contributed by atoms with Gasteiger partial charge in [-0.25, -0.2) is 0 Å². The molecule has 0 aromatic rings. The minimum atomic E-state index is -0.812. The molecule has 0 saturated carbocycles. The van der Waals surface area contributed by atoms with E-state index in [9.17, 15) is 14.4 Å². The third-order valence-corrected chi connectivity index (χ3v) is 10.4. The van der Waals surface area contributed by atoms with Gasteiger partial charge >= 0.3 is 17.9 Å². The molecule has 61 heavy (non-hydrogen) atoms. The van der Waals surface area contributed by atoms with Gasteiger partial charge in [-0.2, -0.15) is 0 Å². The Balaban J connectivity index is 4.50. The molecule has 0 aliphatic carbocycles. The lowest BCUT2D eigenvalue weighted by atomic mass is 10.1. The Morgan fingerprint density at radius 3 is 1.11 bits per heavy atom. The fourth-order valence-corrected chi connectivity index (χ4v) is 6.52. The van der Waals surface area contributed by atoms with E-state index in [2.05, 4.69) is 99.8 Å². The van der Waals surface area contributed by atoms with Crippen molar-refractivity contribution in [2.75, 3.05) is 13.2 Å². The van der Waals surface area contributed by atoms with Crippen LogP contribution in [0.4, 0.5) is 0 Å². The summed E-state index contributed by atoms with van der Waals surface area (Å²) in [7, 11) is 0. The summed E-state index contributed by atoms with van der Waals surface area (Å²) >= 11 is 0. The lowest BCUT2D eigenvalue weighted by Crippen LogP contribution is -2.30. The molecule has 1 atom stereocenters. The second-order valence-corrected chi connectivity index (χ2v) is 16.4. The van der Waals surface area contributed by atoms with Gasteiger partial charge in [-0.3, -0.25) is 14.4 Å². The van der Waals surface area contributed by atoms with E-state index in [1.54, 1.807) is 0 Å². The maximum atomic E-state index is 12.7. The van der Waals surface area contributed by atoms with E-state index in [0.29, 0.717) is 19.3 Å². The van der Waals surface area contributed by atoms with Crippen molar-refractivity contribution in [1.82, 2.24) is 0 Å². The number of rotatable bonds is 44. The quantitative estimate of drug-likeness (QED) is 0.0263. The maximum Gasteiger partial charge on any atom is 0.306 e. The summed E-state index contributed by atoms with van der Waals surface area (Å²) in [5.74, 6) is -1.02. The lowest BCUT2D eigenvalue weighted by Gasteiger charge is -2.18. The van der Waals surface area contributed by atoms with Gasteiger partial charge < -0.3 is 14.2 Å². The SMILES string of the molecule is CCCC/C=C\CCCCCCCC(=O)OC[C@@H](COC(=O)CC/C=C\C/C=C\C/C=C\C/C=C\C/C=C\CCCCC)OC(=O)CCCCCCC/C=C\CCCCCC. The standard InChI is InChI=1S/C55H92O6/c1-4-7-10-13-16-19-22-24-25-26-27-28-29-31-33-36-39-42-45-48-54(57)60-51-52(50-59-53(56)47-44-41-38-35-32-21-18-15-12-9-6-3)61-55(58)49-46-43-40-37-34-30-23-20-17-14-11-8-5-2/h15-16,18-20,23-25,27-28,31,33,39,42,52H,4-14,17,21-22,26,29-30,32,34-38,40-41,43-51H2,1-3H3/b18-15-,19-16-,23-20-,25-24-,28-27-,33-31-,42-39-/t52-/m0/s1. The van der Waals surface area contributed by atoms with Crippen LogP contribution in [0.15, 0.2) is 85.1 Å². The number of allylic oxidation sites excluding steroid dienone is 14. The topological polar surface area (TPSA) is 78.9 Å². The maximum absolute atomic E-state index is 12.7. The number of ether oxygens (including phenoxy) is 3. The Labute approximate surface area is 375 Å². The van der Waals surface area contributed by atoms with Gasteiger partial charge in [-0.05, 0) is 103 Å². The third-order valence-electron chi connectivity index (χ3n) is 10.4. The van der Waals surface area contributed by atoms with E-state index in [0.717, 1.165) is 89.9 Å². The van der Waals surface area contributed by atoms with Crippen molar-refractivity contribution in [3.05, 3.63) is 85.1 Å². The number of carbonyl (C=O) groups is 3. The van der Waals surface area contributed by atoms with Gasteiger partial charge in [-0.15, -0.1) is 0 Å². The van der Waals surface area contributed by atoms with Crippen molar-refractivity contribution < 1.29 is 28.6 Å². The Morgan fingerprint density at radius 1 is 0.328 bits per heavy atom. The predicted molar refractivity (Wildman–Crippen MR) is 261 cm³/mol. The van der Waals surface area contributed by atoms with Gasteiger partial charge in [0.05, 0.1) is 0 Å². The summed E-state index contributed by atoms with van der Waals surface area (Å²) in [5.41, 5.74) is 0. The normalized spacial score (nSPS) is 12.8. The molecular weight excluding hydrogens is 757 g/mol. The van der Waals surface area contributed by atoms with E-state index in [1.807, 2.05) is 6.08 Å². The summed E-state index contributed by atoms with van der Waals surface area (Å²) < 4.78 is 16.7. The van der Waals surface area contributed by atoms with Crippen LogP contribution >= 0.6 is 0 Å². The molecule has 0 amide bonds. The molecule has 0 fully saturated rings. The van der Waals surface area contributed by atoms with E-state index in [1.165, 1.54) is 89.9 Å². The van der Waals surface area contributed by atoms with E-state index < -0.39 is 6.10 Å². The fraction of sp³-hybridized carbons (Fsp3) is 0.691. The molecule has 0 aromatic carbocycles. The van der Waals surface area contributed by atoms with Gasteiger partial charge in [0.15, 0.2) is 6.10 Å². The largest absolute Gasteiger partial charge is 0.462 e. The monoisotopic (exact) mass is 849 g/mol. The van der Waals surface area contributed by atoms with Crippen molar-refractivity contribution >= 4 is 17.9 Å². The summed E-state index contributed by atoms with van der Waals surface area (Å²) in [5, 5.41) is 0. The highest BCUT2D eigenvalue weighted by Gasteiger charge is 2.19. The Bertz CT molecular complexity index is 1200. The molecule has 0 spiro atoms. The van der Waals surface area contributed by atoms with Gasteiger partial charge in [0, 0.05) is 19.3 Å². The molecule has 348 valence electrons. The van der Waals surface area contributed by atoms with Gasteiger partial charge in [-0.1, -0.05) is 189 Å². The molecule has 0 bridgehead atoms. The van der Waals surface area contributed by atoms with Crippen molar-refractivity contribution in [3.63, 3.8) is 0 Å². The molecule has 0 saturated heterocycles. The summed E-state index contributed by atoms with van der Waals surface area (Å²) in [6, 6.07) is 0. The van der Waals surface area contributed by atoms with Gasteiger partial charge in [0.2, 0.25) is 0 Å². The summed E-state index contributed by atoms with van der Waals surface area (Å²) in [6.07, 6.45) is 62.9. The van der Waals surface area contributed by atoms with Crippen molar-refractivity contribution in [3.8, 4) is 0 Å². The van der Waals surface area contributed by atoms with Crippen LogP contribution in [-0.2, 0) is 28.6 Å². The van der Waals surface area contributed by atoms with Crippen LogP contribution in [0.5, 0.6) is 0 Å². The molecule has 0 heterocycles. The molecule has 0 N–H and O–H groups in total. The van der Waals surface area contributed by atoms with Crippen LogP contribution < -0.4 is 0 Å². The first-order chi connectivity index (χ1) is 30.0. The van der Waals surface area contributed by atoms with Crippen molar-refractivity contribution in [2.24, 2.45) is 0 Å². The highest BCUT2D eigenvalue weighted by Crippen LogP contribution is 2.12. The van der Waals surface area contributed by atoms with Crippen molar-refractivity contribution in [2.45, 2.75) is 232 Å². The van der Waals surface area contributed by atoms with Gasteiger partial charge in [0.1, 0.15) is 13.2 Å². The number of carbonyl (C=O) groups excluding carboxylic acids is 3. The van der Waals surface area contributed by atoms with Crippen LogP contribution in [0.2, 0.25) is 0 Å². The number of hydrogen-bond donors (Lipinski definition) is 0. The van der Waals surface area contributed by atoms with E-state index in [4.69, 9.17) is 14.2 Å². The Hall–Kier alpha value is -3.41. The molecular formula is C55H92O6. The summed E-state index contributed by atoms with van der Waals surface area (Å²) in [6.45, 7) is 6.46. The minimum Gasteiger partial charge on any atom is -0.462 e. The molecule has 6 heteroatoms. The molecule has 0 aliphatic rings. The minimum absolute atomic E-state index is 0.108. The molecule has 0 radical (unpaired) electrons. The van der Waals surface area contributed by atoms with Gasteiger partial charge in [0.25, 0.3) is 0 Å². The lowest BCUT2D eigenvalue weighted by molar-refractivity contribution is -0.166. The fourth-order valence-electron chi connectivity index (χ4n) is 6.52. The first kappa shape index (κ1) is 57.6. The van der Waals surface area contributed by atoms with E-state index >= 15 is 0 Å². The van der Waals surface area contributed by atoms with Crippen LogP contribution in [-0.4, -0.2) is 37.2 Å². The Kier molecular flexibility index (Phi) is 46.5. The average Bonchev–Trinajstić information content (AvgIpc) is 3.26. The zero-order chi connectivity index (χ0) is 44.4. The smallest absolute Gasteiger partial charge is 0.306 e. The number of unbranched alkanes of at least 4 members (excludes halogenated alkanes) is 19. The van der Waals surface area contributed by atoms with Crippen LogP contribution in [0.1, 0.15) is 226 Å². The predicted octanol–water partition coefficient (Wildman–Crippen LogP) is 16.4. The first-order valence-electron chi connectivity index (χ1n) is 25.1. The highest BCUT2D eigenvalue weighted by atomic mass is 16.6. The third kappa shape index (κ3) is 47.5. The zero-order valence-corrected chi connectivity index (χ0v) is 39.7. The average molecular weight is 849 g/mol. The molecule has 6 nitrogen and oxygen atoms in total. The Morgan fingerprint density at radius 2 is 0.639 bits per heavy atom. The second kappa shape index (κ2) is 49.2. The zero-order valence-electron chi connectivity index (χ0n) is 39.7. The first-order valence-corrected chi connectivity index (χ1v) is 25.1. The van der Waals surface area contributed by atoms with Crippen molar-refractivity contribution in [1.29, 1.82) is 0 Å². The van der Waals surface area contributed by atoms with Crippen LogP contribution in [0.3, 0.4) is 0 Å². The van der Waals surface area contributed by atoms with Crippen LogP contribution in [0.25, 0.3) is 0 Å². The highest BCUT2D eigenvalue weighted by molar-refractivity contribution is 5.71. The van der Waals surface area contributed by atoms with E-state index in [-0.39, 0.29) is 37.5 Å². The molecule has 0 aliphatic heterocycles.